The van der Waals surface area contributed by atoms with Gasteiger partial charge in [0.1, 0.15) is 17.4 Å². The van der Waals surface area contributed by atoms with E-state index < -0.39 is 22.8 Å². The van der Waals surface area contributed by atoms with E-state index in [0.717, 1.165) is 29.5 Å². The summed E-state index contributed by atoms with van der Waals surface area (Å²) >= 11 is 1.08. The zero-order valence-corrected chi connectivity index (χ0v) is 19.2. The molecule has 174 valence electrons. The van der Waals surface area contributed by atoms with Gasteiger partial charge in [0.05, 0.1) is 35.5 Å². The number of nitrogens with one attached hydrogen (secondary N) is 1. The molecule has 1 atom stereocenters. The van der Waals surface area contributed by atoms with Crippen molar-refractivity contribution in [2.24, 2.45) is 0 Å². The summed E-state index contributed by atoms with van der Waals surface area (Å²) in [6.45, 7) is 1.87. The summed E-state index contributed by atoms with van der Waals surface area (Å²) in [5.74, 6) is -1.42. The van der Waals surface area contributed by atoms with E-state index in [0.29, 0.717) is 27.9 Å². The maximum atomic E-state index is 14.0. The molecule has 0 spiro atoms. The fourth-order valence-corrected chi connectivity index (χ4v) is 4.24. The summed E-state index contributed by atoms with van der Waals surface area (Å²) in [4.78, 5) is 30.6. The maximum absolute atomic E-state index is 14.0. The second-order valence-electron chi connectivity index (χ2n) is 7.52. The van der Waals surface area contributed by atoms with Gasteiger partial charge in [0.25, 0.3) is 5.56 Å². The first-order chi connectivity index (χ1) is 16.4. The Hall–Kier alpha value is -3.72. The van der Waals surface area contributed by atoms with Crippen LogP contribution < -0.4 is 15.6 Å². The number of benzene rings is 3. The summed E-state index contributed by atoms with van der Waals surface area (Å²) in [6, 6.07) is 17.2. The number of para-hydroxylation sites is 1. The Balaban J connectivity index is 1.65. The van der Waals surface area contributed by atoms with Crippen LogP contribution in [0.4, 0.5) is 14.5 Å². The van der Waals surface area contributed by atoms with Gasteiger partial charge in [-0.2, -0.15) is 0 Å². The van der Waals surface area contributed by atoms with Crippen LogP contribution >= 0.6 is 11.8 Å². The van der Waals surface area contributed by atoms with Crippen LogP contribution in [0.3, 0.4) is 0 Å². The number of ether oxygens (including phenoxy) is 1. The maximum Gasteiger partial charge on any atom is 0.262 e. The number of methoxy groups -OCH3 is 1. The molecule has 1 aromatic heterocycles. The van der Waals surface area contributed by atoms with Crippen LogP contribution in [0, 0.1) is 11.6 Å². The molecule has 1 amide bonds. The van der Waals surface area contributed by atoms with Gasteiger partial charge in [0.2, 0.25) is 5.91 Å². The highest BCUT2D eigenvalue weighted by Crippen LogP contribution is 2.25. The molecule has 4 rings (SSSR count). The lowest BCUT2D eigenvalue weighted by atomic mass is 10.2. The molecule has 0 aliphatic rings. The predicted molar refractivity (Wildman–Crippen MR) is 128 cm³/mol. The number of carbonyl (C=O) groups excluding carboxylic acids is 1. The second kappa shape index (κ2) is 10.0. The average Bonchev–Trinajstić information content (AvgIpc) is 2.83. The average molecular weight is 482 g/mol. The molecule has 0 bridgehead atoms. The number of fused-ring (bicyclic) bond motifs is 1. The van der Waals surface area contributed by atoms with Gasteiger partial charge in [-0.05, 0) is 48.9 Å². The molecular formula is C25H21F2N3O3S. The quantitative estimate of drug-likeness (QED) is 0.302. The first-order valence-electron chi connectivity index (χ1n) is 10.4. The molecule has 0 radical (unpaired) electrons. The number of thioether (sulfide) groups is 1. The predicted octanol–water partition coefficient (Wildman–Crippen LogP) is 4.85. The Morgan fingerprint density at radius 3 is 2.56 bits per heavy atom. The fraction of sp³-hybridized carbons (Fsp3) is 0.160. The number of hydrogen-bond donors (Lipinski definition) is 1. The molecule has 0 saturated carbocycles. The van der Waals surface area contributed by atoms with Gasteiger partial charge in [-0.3, -0.25) is 14.2 Å². The van der Waals surface area contributed by atoms with Crippen LogP contribution in [-0.4, -0.2) is 27.8 Å². The van der Waals surface area contributed by atoms with Gasteiger partial charge in [0.15, 0.2) is 5.16 Å². The van der Waals surface area contributed by atoms with Crippen molar-refractivity contribution in [2.45, 2.75) is 23.9 Å². The lowest BCUT2D eigenvalue weighted by Gasteiger charge is -2.17. The van der Waals surface area contributed by atoms with Gasteiger partial charge >= 0.3 is 0 Å². The van der Waals surface area contributed by atoms with Crippen LogP contribution in [0.15, 0.2) is 76.7 Å². The molecule has 9 heteroatoms. The van der Waals surface area contributed by atoms with Gasteiger partial charge in [-0.1, -0.05) is 36.0 Å². The van der Waals surface area contributed by atoms with Crippen LogP contribution in [0.5, 0.6) is 5.75 Å². The van der Waals surface area contributed by atoms with Crippen LogP contribution in [0.2, 0.25) is 0 Å². The molecule has 3 aromatic carbocycles. The van der Waals surface area contributed by atoms with E-state index in [4.69, 9.17) is 4.74 Å². The number of rotatable bonds is 7. The lowest BCUT2D eigenvalue weighted by Crippen LogP contribution is -2.27. The van der Waals surface area contributed by atoms with E-state index >= 15 is 0 Å². The van der Waals surface area contributed by atoms with Crippen LogP contribution in [0.25, 0.3) is 10.9 Å². The Labute approximate surface area is 198 Å². The van der Waals surface area contributed by atoms with Crippen molar-refractivity contribution >= 4 is 34.3 Å². The molecule has 1 N–H and O–H groups in total. The van der Waals surface area contributed by atoms with E-state index in [1.54, 1.807) is 50.4 Å². The molecule has 0 saturated heterocycles. The van der Waals surface area contributed by atoms with Crippen molar-refractivity contribution in [3.8, 4) is 5.75 Å². The number of aromatic nitrogens is 2. The van der Waals surface area contributed by atoms with Crippen molar-refractivity contribution < 1.29 is 18.3 Å². The smallest absolute Gasteiger partial charge is 0.262 e. The largest absolute Gasteiger partial charge is 0.497 e. The van der Waals surface area contributed by atoms with Crippen LogP contribution in [-0.2, 0) is 11.3 Å². The number of anilines is 1. The molecule has 6 nitrogen and oxygen atoms in total. The minimum Gasteiger partial charge on any atom is -0.497 e. The van der Waals surface area contributed by atoms with Crippen LogP contribution in [0.1, 0.15) is 12.5 Å². The van der Waals surface area contributed by atoms with Gasteiger partial charge in [-0.15, -0.1) is 0 Å². The summed E-state index contributed by atoms with van der Waals surface area (Å²) in [6.07, 6.45) is 0. The monoisotopic (exact) mass is 481 g/mol. The molecule has 1 unspecified atom stereocenters. The lowest BCUT2D eigenvalue weighted by molar-refractivity contribution is -0.115. The summed E-state index contributed by atoms with van der Waals surface area (Å²) in [7, 11) is 1.58. The minimum absolute atomic E-state index is 0.124. The molecule has 0 aliphatic carbocycles. The van der Waals surface area contributed by atoms with E-state index in [1.807, 2.05) is 12.1 Å². The van der Waals surface area contributed by atoms with Crippen molar-refractivity contribution in [1.82, 2.24) is 9.55 Å². The van der Waals surface area contributed by atoms with E-state index in [2.05, 4.69) is 10.3 Å². The first-order valence-corrected chi connectivity index (χ1v) is 11.3. The molecule has 0 aliphatic heterocycles. The number of carbonyl (C=O) groups is 1. The first kappa shape index (κ1) is 23.4. The number of hydrogen-bond acceptors (Lipinski definition) is 5. The number of halogens is 2. The van der Waals surface area contributed by atoms with Crippen molar-refractivity contribution in [3.63, 3.8) is 0 Å². The zero-order valence-electron chi connectivity index (χ0n) is 18.4. The summed E-state index contributed by atoms with van der Waals surface area (Å²) < 4.78 is 33.8. The highest BCUT2D eigenvalue weighted by Gasteiger charge is 2.21. The Bertz CT molecular complexity index is 1410. The number of amides is 1. The topological polar surface area (TPSA) is 73.2 Å². The summed E-state index contributed by atoms with van der Waals surface area (Å²) in [5.41, 5.74) is 1.01. The molecule has 0 fully saturated rings. The highest BCUT2D eigenvalue weighted by atomic mass is 32.2. The van der Waals surface area contributed by atoms with E-state index in [1.165, 1.54) is 4.57 Å². The molecule has 1 heterocycles. The molecule has 34 heavy (non-hydrogen) atoms. The standard InChI is InChI=1S/C25H21F2N3O3S/c1-15(23(31)28-22-12-9-17(26)13-20(22)27)34-25-29-21-6-4-3-5-19(21)24(32)30(25)14-16-7-10-18(33-2)11-8-16/h3-13,15H,14H2,1-2H3,(H,28,31). The zero-order chi connectivity index (χ0) is 24.2. The summed E-state index contributed by atoms with van der Waals surface area (Å²) in [5, 5.41) is 2.55. The van der Waals surface area contributed by atoms with Crippen molar-refractivity contribution in [3.05, 3.63) is 94.3 Å². The van der Waals surface area contributed by atoms with E-state index in [-0.39, 0.29) is 17.8 Å². The SMILES string of the molecule is COc1ccc(Cn2c(SC(C)C(=O)Nc3ccc(F)cc3F)nc3ccccc3c2=O)cc1. The van der Waals surface area contributed by atoms with E-state index in [9.17, 15) is 18.4 Å². The number of nitrogens with zero attached hydrogens (tertiary/aromatic N) is 2. The third-order valence-electron chi connectivity index (χ3n) is 5.17. The van der Waals surface area contributed by atoms with Gasteiger partial charge in [-0.25, -0.2) is 13.8 Å². The Morgan fingerprint density at radius 2 is 1.85 bits per heavy atom. The van der Waals surface area contributed by atoms with Gasteiger partial charge in [0, 0.05) is 6.07 Å². The highest BCUT2D eigenvalue weighted by molar-refractivity contribution is 8.00. The molecule has 4 aromatic rings. The normalized spacial score (nSPS) is 11.9. The second-order valence-corrected chi connectivity index (χ2v) is 8.83. The van der Waals surface area contributed by atoms with Gasteiger partial charge < -0.3 is 10.1 Å². The van der Waals surface area contributed by atoms with Crippen molar-refractivity contribution in [1.29, 1.82) is 0 Å². The minimum atomic E-state index is -0.870. The third-order valence-corrected chi connectivity index (χ3v) is 6.26. The molecular weight excluding hydrogens is 460 g/mol. The van der Waals surface area contributed by atoms with Crippen molar-refractivity contribution in [2.75, 3.05) is 12.4 Å². The fourth-order valence-electron chi connectivity index (χ4n) is 3.33. The Kier molecular flexibility index (Phi) is 6.93. The Morgan fingerprint density at radius 1 is 1.12 bits per heavy atom. The third kappa shape index (κ3) is 5.09.